The van der Waals surface area contributed by atoms with E-state index in [2.05, 4.69) is 15.4 Å². The van der Waals surface area contributed by atoms with E-state index < -0.39 is 34.6 Å². The molecule has 6 nitrogen and oxygen atoms in total. The smallest absolute Gasteiger partial charge is 0.411 e. The monoisotopic (exact) mass is 434 g/mol. The van der Waals surface area contributed by atoms with Gasteiger partial charge in [0.25, 0.3) is 0 Å². The van der Waals surface area contributed by atoms with Crippen LogP contribution in [0.5, 0.6) is 0 Å². The van der Waals surface area contributed by atoms with Gasteiger partial charge in [0.2, 0.25) is 0 Å². The molecule has 12 heteroatoms. The van der Waals surface area contributed by atoms with E-state index in [9.17, 15) is 36.8 Å². The second-order valence-corrected chi connectivity index (χ2v) is 7.54. The molecule has 0 unspecified atom stereocenters. The van der Waals surface area contributed by atoms with Crippen molar-refractivity contribution in [3.05, 3.63) is 46.3 Å². The van der Waals surface area contributed by atoms with Crippen molar-refractivity contribution in [3.63, 3.8) is 0 Å². The first kappa shape index (κ1) is 21.7. The number of aromatic nitrogens is 2. The number of benzene rings is 1. The number of alkyl halides is 6. The Morgan fingerprint density at radius 2 is 1.50 bits per heavy atom. The lowest BCUT2D eigenvalue weighted by Crippen LogP contribution is -2.40. The molecule has 0 amide bonds. The Morgan fingerprint density at radius 3 is 1.93 bits per heavy atom. The van der Waals surface area contributed by atoms with Crippen LogP contribution in [0.4, 0.5) is 26.3 Å². The first-order chi connectivity index (χ1) is 13.7. The molecule has 1 heterocycles. The molecule has 30 heavy (non-hydrogen) atoms. The highest BCUT2D eigenvalue weighted by Gasteiger charge is 2.42. The van der Waals surface area contributed by atoms with Crippen molar-refractivity contribution in [1.29, 1.82) is 0 Å². The van der Waals surface area contributed by atoms with Crippen LogP contribution in [0.3, 0.4) is 0 Å². The highest BCUT2D eigenvalue weighted by atomic mass is 19.4. The van der Waals surface area contributed by atoms with Gasteiger partial charge in [-0.15, -0.1) is 0 Å². The standard InChI is InChI=1S/C18H16F6N4O2/c1-8-13-12(7-16(2,3)15(27-30)14(13)26-29)28(25-8)11-5-9(17(19,20)21)4-10(6-11)18(22,23)24/h4-6,29-30H,7H2,1-3H3/b26-14-,27-15-. The molecular formula is C18H16F6N4O2. The minimum atomic E-state index is -5.01. The molecule has 0 spiro atoms. The third kappa shape index (κ3) is 3.50. The fraction of sp³-hybridized carbons (Fsp3) is 0.389. The summed E-state index contributed by atoms with van der Waals surface area (Å²) in [6, 6.07) is 1.17. The van der Waals surface area contributed by atoms with Gasteiger partial charge in [-0.05, 0) is 25.1 Å². The largest absolute Gasteiger partial charge is 0.416 e. The molecule has 0 saturated carbocycles. The van der Waals surface area contributed by atoms with Crippen molar-refractivity contribution < 1.29 is 36.8 Å². The van der Waals surface area contributed by atoms with Gasteiger partial charge in [-0.2, -0.15) is 31.4 Å². The zero-order valence-corrected chi connectivity index (χ0v) is 15.9. The maximum atomic E-state index is 13.2. The maximum Gasteiger partial charge on any atom is 0.416 e. The fourth-order valence-corrected chi connectivity index (χ4v) is 3.54. The van der Waals surface area contributed by atoms with E-state index in [1.807, 2.05) is 0 Å². The van der Waals surface area contributed by atoms with Crippen LogP contribution < -0.4 is 0 Å². The second-order valence-electron chi connectivity index (χ2n) is 7.54. The normalized spacial score (nSPS) is 19.4. The molecule has 0 bridgehead atoms. The van der Waals surface area contributed by atoms with Crippen LogP contribution in [-0.2, 0) is 18.8 Å². The van der Waals surface area contributed by atoms with Gasteiger partial charge in [0.15, 0.2) is 0 Å². The Hall–Kier alpha value is -3.05. The van der Waals surface area contributed by atoms with Gasteiger partial charge in [0.05, 0.1) is 33.8 Å². The Bertz CT molecular complexity index is 1030. The minimum Gasteiger partial charge on any atom is -0.411 e. The summed E-state index contributed by atoms with van der Waals surface area (Å²) in [4.78, 5) is 0. The van der Waals surface area contributed by atoms with Crippen molar-refractivity contribution in [2.75, 3.05) is 0 Å². The van der Waals surface area contributed by atoms with Crippen LogP contribution in [0.1, 0.15) is 41.9 Å². The van der Waals surface area contributed by atoms with Crippen molar-refractivity contribution in [2.45, 2.75) is 39.5 Å². The molecule has 162 valence electrons. The number of nitrogens with zero attached hydrogens (tertiary/aromatic N) is 4. The van der Waals surface area contributed by atoms with Gasteiger partial charge in [-0.1, -0.05) is 24.2 Å². The van der Waals surface area contributed by atoms with Crippen LogP contribution in [-0.4, -0.2) is 31.6 Å². The van der Waals surface area contributed by atoms with E-state index in [4.69, 9.17) is 0 Å². The minimum absolute atomic E-state index is 0.0140. The number of hydrogen-bond acceptors (Lipinski definition) is 5. The van der Waals surface area contributed by atoms with Crippen molar-refractivity contribution in [2.24, 2.45) is 15.7 Å². The Kier molecular flexibility index (Phi) is 4.87. The number of rotatable bonds is 1. The van der Waals surface area contributed by atoms with Gasteiger partial charge in [0, 0.05) is 11.8 Å². The lowest BCUT2D eigenvalue weighted by molar-refractivity contribution is -0.143. The van der Waals surface area contributed by atoms with Crippen molar-refractivity contribution >= 4 is 11.4 Å². The van der Waals surface area contributed by atoms with E-state index in [0.717, 1.165) is 4.68 Å². The number of aryl methyl sites for hydroxylation is 1. The molecule has 0 saturated heterocycles. The first-order valence-electron chi connectivity index (χ1n) is 8.54. The van der Waals surface area contributed by atoms with E-state index in [1.54, 1.807) is 13.8 Å². The second kappa shape index (κ2) is 6.74. The number of halogens is 6. The highest BCUT2D eigenvalue weighted by molar-refractivity contribution is 6.50. The molecule has 2 aromatic rings. The summed E-state index contributed by atoms with van der Waals surface area (Å²) in [5, 5.41) is 29.2. The van der Waals surface area contributed by atoms with E-state index >= 15 is 0 Å². The maximum absolute atomic E-state index is 13.2. The fourth-order valence-electron chi connectivity index (χ4n) is 3.54. The average Bonchev–Trinajstić information content (AvgIpc) is 2.93. The molecule has 2 N–H and O–H groups in total. The quantitative estimate of drug-likeness (QED) is 0.384. The molecule has 1 aliphatic rings. The molecule has 1 aromatic heterocycles. The van der Waals surface area contributed by atoms with E-state index in [0.29, 0.717) is 12.1 Å². The SMILES string of the molecule is Cc1nn(-c2cc(C(F)(F)F)cc(C(F)(F)F)c2)c2c1C(=N/O)/C(=N/O)C(C)(C)C2. The van der Waals surface area contributed by atoms with Crippen LogP contribution in [0, 0.1) is 12.3 Å². The molecule has 3 rings (SSSR count). The van der Waals surface area contributed by atoms with Crippen LogP contribution >= 0.6 is 0 Å². The van der Waals surface area contributed by atoms with Gasteiger partial charge in [-0.25, -0.2) is 4.68 Å². The predicted molar refractivity (Wildman–Crippen MR) is 93.3 cm³/mol. The molecule has 0 aliphatic heterocycles. The Balaban J connectivity index is 2.33. The van der Waals surface area contributed by atoms with Gasteiger partial charge in [-0.3, -0.25) is 0 Å². The number of hydrogen-bond donors (Lipinski definition) is 2. The summed E-state index contributed by atoms with van der Waals surface area (Å²) in [5.74, 6) is 0. The number of fused-ring (bicyclic) bond motifs is 1. The third-order valence-electron chi connectivity index (χ3n) is 4.88. The van der Waals surface area contributed by atoms with Gasteiger partial charge >= 0.3 is 12.4 Å². The summed E-state index contributed by atoms with van der Waals surface area (Å²) in [6.45, 7) is 4.69. The van der Waals surface area contributed by atoms with Crippen molar-refractivity contribution in [3.8, 4) is 5.69 Å². The van der Waals surface area contributed by atoms with Gasteiger partial charge in [0.1, 0.15) is 11.4 Å². The zero-order valence-electron chi connectivity index (χ0n) is 15.9. The van der Waals surface area contributed by atoms with Crippen molar-refractivity contribution in [1.82, 2.24) is 9.78 Å². The Labute approximate surface area is 166 Å². The number of oxime groups is 2. The molecular weight excluding hydrogens is 418 g/mol. The van der Waals surface area contributed by atoms with Crippen LogP contribution in [0.15, 0.2) is 28.5 Å². The molecule has 0 atom stereocenters. The summed E-state index contributed by atoms with van der Waals surface area (Å²) >= 11 is 0. The lowest BCUT2D eigenvalue weighted by Gasteiger charge is -2.31. The topological polar surface area (TPSA) is 83.0 Å². The van der Waals surface area contributed by atoms with Gasteiger partial charge < -0.3 is 10.4 Å². The first-order valence-corrected chi connectivity index (χ1v) is 8.54. The molecule has 1 aliphatic carbocycles. The summed E-state index contributed by atoms with van der Waals surface area (Å²) in [7, 11) is 0. The van der Waals surface area contributed by atoms with Crippen LogP contribution in [0.2, 0.25) is 0 Å². The third-order valence-corrected chi connectivity index (χ3v) is 4.88. The van der Waals surface area contributed by atoms with E-state index in [-0.39, 0.29) is 40.9 Å². The predicted octanol–water partition coefficient (Wildman–Crippen LogP) is 4.81. The lowest BCUT2D eigenvalue weighted by atomic mass is 9.73. The van der Waals surface area contributed by atoms with Crippen LogP contribution in [0.25, 0.3) is 5.69 Å². The molecule has 1 aromatic carbocycles. The zero-order chi connectivity index (χ0) is 22.6. The Morgan fingerprint density at radius 1 is 0.967 bits per heavy atom. The summed E-state index contributed by atoms with van der Waals surface area (Å²) in [6.07, 6.45) is -9.96. The summed E-state index contributed by atoms with van der Waals surface area (Å²) in [5.41, 5.74) is -3.89. The molecule has 0 fully saturated rings. The highest BCUT2D eigenvalue weighted by Crippen LogP contribution is 2.40. The summed E-state index contributed by atoms with van der Waals surface area (Å²) < 4.78 is 80.4. The average molecular weight is 434 g/mol. The molecule has 0 radical (unpaired) electrons. The van der Waals surface area contributed by atoms with E-state index in [1.165, 1.54) is 6.92 Å².